The molecule has 1 saturated heterocycles. The van der Waals surface area contributed by atoms with Gasteiger partial charge in [-0.25, -0.2) is 0 Å². The van der Waals surface area contributed by atoms with E-state index in [4.69, 9.17) is 0 Å². The molecule has 0 radical (unpaired) electrons. The van der Waals surface area contributed by atoms with Crippen LogP contribution >= 0.6 is 0 Å². The maximum atomic E-state index is 10.3. The predicted octanol–water partition coefficient (Wildman–Crippen LogP) is 1.82. The number of aliphatic hydroxyl groups is 1. The van der Waals surface area contributed by atoms with Crippen molar-refractivity contribution in [3.8, 4) is 0 Å². The molecule has 3 unspecified atom stereocenters. The SMILES string of the molecule is CCCCC1C(O)CCCC12CCCC[NH2+]2. The van der Waals surface area contributed by atoms with E-state index in [1.807, 2.05) is 0 Å². The van der Waals surface area contributed by atoms with Gasteiger partial charge in [-0.15, -0.1) is 0 Å². The number of unbranched alkanes of at least 4 members (excludes halogenated alkanes) is 1. The van der Waals surface area contributed by atoms with Gasteiger partial charge < -0.3 is 10.4 Å². The summed E-state index contributed by atoms with van der Waals surface area (Å²) < 4.78 is 0. The van der Waals surface area contributed by atoms with Crippen LogP contribution in [0.25, 0.3) is 0 Å². The van der Waals surface area contributed by atoms with Crippen LogP contribution in [0.15, 0.2) is 0 Å². The quantitative estimate of drug-likeness (QED) is 0.757. The summed E-state index contributed by atoms with van der Waals surface area (Å²) in [6, 6.07) is 0. The third-order valence-electron chi connectivity index (χ3n) is 4.86. The molecule has 1 aliphatic heterocycles. The van der Waals surface area contributed by atoms with Crippen molar-refractivity contribution in [1.82, 2.24) is 0 Å². The number of nitrogens with two attached hydrogens (primary N) is 1. The average molecular weight is 226 g/mol. The van der Waals surface area contributed by atoms with E-state index in [0.717, 1.165) is 6.42 Å². The molecule has 1 spiro atoms. The van der Waals surface area contributed by atoms with Crippen LogP contribution in [0, 0.1) is 5.92 Å². The molecule has 2 rings (SSSR count). The number of aliphatic hydroxyl groups excluding tert-OH is 1. The van der Waals surface area contributed by atoms with E-state index in [1.165, 1.54) is 57.9 Å². The number of quaternary nitrogens is 1. The molecule has 3 atom stereocenters. The van der Waals surface area contributed by atoms with Crippen molar-refractivity contribution >= 4 is 0 Å². The number of hydrogen-bond acceptors (Lipinski definition) is 1. The molecule has 2 aliphatic rings. The Morgan fingerprint density at radius 2 is 2.06 bits per heavy atom. The molecule has 0 aromatic heterocycles. The van der Waals surface area contributed by atoms with E-state index in [9.17, 15) is 5.11 Å². The molecular weight excluding hydrogens is 198 g/mol. The minimum Gasteiger partial charge on any atom is -0.393 e. The van der Waals surface area contributed by atoms with E-state index in [0.29, 0.717) is 11.5 Å². The highest BCUT2D eigenvalue weighted by molar-refractivity contribution is 4.94. The van der Waals surface area contributed by atoms with E-state index >= 15 is 0 Å². The summed E-state index contributed by atoms with van der Waals surface area (Å²) in [5.74, 6) is 0.571. The third-order valence-corrected chi connectivity index (χ3v) is 4.86. The van der Waals surface area contributed by atoms with Crippen LogP contribution in [0.2, 0.25) is 0 Å². The molecular formula is C14H28NO+. The summed E-state index contributed by atoms with van der Waals surface area (Å²) in [4.78, 5) is 0. The molecule has 94 valence electrons. The fourth-order valence-corrected chi connectivity index (χ4v) is 3.97. The van der Waals surface area contributed by atoms with Crippen LogP contribution in [0.5, 0.6) is 0 Å². The molecule has 0 amide bonds. The lowest BCUT2D eigenvalue weighted by Crippen LogP contribution is -3.00. The van der Waals surface area contributed by atoms with Gasteiger partial charge in [-0.3, -0.25) is 0 Å². The highest BCUT2D eigenvalue weighted by atomic mass is 16.3. The summed E-state index contributed by atoms with van der Waals surface area (Å²) in [5, 5.41) is 12.9. The lowest BCUT2D eigenvalue weighted by atomic mass is 9.65. The van der Waals surface area contributed by atoms with Crippen molar-refractivity contribution in [2.45, 2.75) is 76.4 Å². The van der Waals surface area contributed by atoms with Crippen molar-refractivity contribution in [2.24, 2.45) is 5.92 Å². The lowest BCUT2D eigenvalue weighted by molar-refractivity contribution is -0.748. The maximum Gasteiger partial charge on any atom is 0.101 e. The summed E-state index contributed by atoms with van der Waals surface area (Å²) >= 11 is 0. The van der Waals surface area contributed by atoms with Crippen LogP contribution in [-0.2, 0) is 0 Å². The molecule has 2 fully saturated rings. The second-order valence-corrected chi connectivity index (χ2v) is 5.89. The molecule has 0 aromatic carbocycles. The third kappa shape index (κ3) is 2.43. The topological polar surface area (TPSA) is 36.8 Å². The Labute approximate surface area is 99.8 Å². The highest BCUT2D eigenvalue weighted by Crippen LogP contribution is 2.38. The molecule has 1 heterocycles. The minimum absolute atomic E-state index is 0.0188. The van der Waals surface area contributed by atoms with E-state index in [1.54, 1.807) is 0 Å². The Bertz CT molecular complexity index is 205. The fourth-order valence-electron chi connectivity index (χ4n) is 3.97. The van der Waals surface area contributed by atoms with Crippen LogP contribution in [0.1, 0.15) is 64.7 Å². The van der Waals surface area contributed by atoms with Gasteiger partial charge in [-0.05, 0) is 32.1 Å². The Hall–Kier alpha value is -0.0800. The fraction of sp³-hybridized carbons (Fsp3) is 1.00. The maximum absolute atomic E-state index is 10.3. The van der Waals surface area contributed by atoms with Crippen LogP contribution in [-0.4, -0.2) is 23.3 Å². The largest absolute Gasteiger partial charge is 0.393 e. The Balaban J connectivity index is 2.05. The number of rotatable bonds is 3. The van der Waals surface area contributed by atoms with Crippen molar-refractivity contribution in [3.63, 3.8) is 0 Å². The molecule has 0 bridgehead atoms. The van der Waals surface area contributed by atoms with Crippen molar-refractivity contribution in [1.29, 1.82) is 0 Å². The molecule has 2 nitrogen and oxygen atoms in total. The van der Waals surface area contributed by atoms with Gasteiger partial charge in [0.25, 0.3) is 0 Å². The van der Waals surface area contributed by atoms with Gasteiger partial charge in [0.15, 0.2) is 0 Å². The van der Waals surface area contributed by atoms with Gasteiger partial charge in [0.05, 0.1) is 12.6 Å². The molecule has 16 heavy (non-hydrogen) atoms. The Kier molecular flexibility index (Phi) is 4.26. The van der Waals surface area contributed by atoms with Gasteiger partial charge in [-0.1, -0.05) is 19.8 Å². The highest BCUT2D eigenvalue weighted by Gasteiger charge is 2.48. The lowest BCUT2D eigenvalue weighted by Gasteiger charge is -2.46. The summed E-state index contributed by atoms with van der Waals surface area (Å²) in [6.07, 6.45) is 11.5. The second-order valence-electron chi connectivity index (χ2n) is 5.89. The zero-order valence-corrected chi connectivity index (χ0v) is 10.8. The normalized spacial score (nSPS) is 40.1. The predicted molar refractivity (Wildman–Crippen MR) is 66.2 cm³/mol. The summed E-state index contributed by atoms with van der Waals surface area (Å²) in [7, 11) is 0. The zero-order chi connectivity index (χ0) is 11.4. The number of hydrogen-bond donors (Lipinski definition) is 2. The van der Waals surface area contributed by atoms with Gasteiger partial charge in [0, 0.05) is 18.8 Å². The standard InChI is InChI=1S/C14H27NO/c1-2-3-7-12-13(16)8-6-10-14(12)9-4-5-11-15-14/h12-13,15-16H,2-11H2,1H3/p+1. The monoisotopic (exact) mass is 226 g/mol. The molecule has 0 aromatic rings. The first-order chi connectivity index (χ1) is 7.78. The minimum atomic E-state index is -0.0188. The molecule has 1 aliphatic carbocycles. The molecule has 2 heteroatoms. The van der Waals surface area contributed by atoms with Gasteiger partial charge in [0.2, 0.25) is 0 Å². The smallest absolute Gasteiger partial charge is 0.101 e. The van der Waals surface area contributed by atoms with E-state index in [-0.39, 0.29) is 6.10 Å². The van der Waals surface area contributed by atoms with E-state index < -0.39 is 0 Å². The molecule has 3 N–H and O–H groups in total. The average Bonchev–Trinajstić information content (AvgIpc) is 2.30. The number of piperidine rings is 1. The first-order valence-corrected chi connectivity index (χ1v) is 7.31. The summed E-state index contributed by atoms with van der Waals surface area (Å²) in [5.41, 5.74) is 0.422. The molecule has 1 saturated carbocycles. The van der Waals surface area contributed by atoms with Crippen LogP contribution < -0.4 is 5.32 Å². The van der Waals surface area contributed by atoms with Gasteiger partial charge in [-0.2, -0.15) is 0 Å². The zero-order valence-electron chi connectivity index (χ0n) is 10.8. The van der Waals surface area contributed by atoms with Crippen molar-refractivity contribution < 1.29 is 10.4 Å². The first kappa shape index (κ1) is 12.4. The second kappa shape index (κ2) is 5.50. The van der Waals surface area contributed by atoms with Crippen molar-refractivity contribution in [2.75, 3.05) is 6.54 Å². The van der Waals surface area contributed by atoms with Gasteiger partial charge >= 0.3 is 0 Å². The first-order valence-electron chi connectivity index (χ1n) is 7.31. The Morgan fingerprint density at radius 1 is 1.25 bits per heavy atom. The van der Waals surface area contributed by atoms with Crippen LogP contribution in [0.3, 0.4) is 0 Å². The van der Waals surface area contributed by atoms with E-state index in [2.05, 4.69) is 12.2 Å². The van der Waals surface area contributed by atoms with Crippen LogP contribution in [0.4, 0.5) is 0 Å². The Morgan fingerprint density at radius 3 is 2.75 bits per heavy atom. The summed E-state index contributed by atoms with van der Waals surface area (Å²) in [6.45, 7) is 3.54. The van der Waals surface area contributed by atoms with Crippen molar-refractivity contribution in [3.05, 3.63) is 0 Å². The van der Waals surface area contributed by atoms with Gasteiger partial charge in [0.1, 0.15) is 5.54 Å².